The van der Waals surface area contributed by atoms with E-state index < -0.39 is 35.7 Å². The van der Waals surface area contributed by atoms with Crippen molar-refractivity contribution in [2.75, 3.05) is 6.54 Å². The molecule has 0 radical (unpaired) electrons. The number of nitrogens with one attached hydrogen (secondary N) is 2. The Morgan fingerprint density at radius 1 is 1.13 bits per heavy atom. The number of nitrogens with zero attached hydrogens (tertiary/aromatic N) is 1. The summed E-state index contributed by atoms with van der Waals surface area (Å²) in [4.78, 5) is 39.2. The summed E-state index contributed by atoms with van der Waals surface area (Å²) in [5.41, 5.74) is 0.697. The Kier molecular flexibility index (Phi) is 5.42. The van der Waals surface area contributed by atoms with E-state index in [0.717, 1.165) is 17.7 Å². The average molecular weight is 434 g/mol. The molecule has 9 heteroatoms. The summed E-state index contributed by atoms with van der Waals surface area (Å²) >= 11 is 5.88. The summed E-state index contributed by atoms with van der Waals surface area (Å²) in [5.74, 6) is -2.90. The Morgan fingerprint density at radius 2 is 1.80 bits per heavy atom. The van der Waals surface area contributed by atoms with Crippen LogP contribution in [0.4, 0.5) is 8.78 Å². The first kappa shape index (κ1) is 20.3. The minimum atomic E-state index is -0.858. The number of amides is 3. The van der Waals surface area contributed by atoms with E-state index in [2.05, 4.69) is 10.6 Å². The van der Waals surface area contributed by atoms with E-state index in [-0.39, 0.29) is 30.3 Å². The van der Waals surface area contributed by atoms with Crippen molar-refractivity contribution in [2.24, 2.45) is 0 Å². The number of carbonyl (C=O) groups excluding carboxylic acids is 3. The van der Waals surface area contributed by atoms with E-state index in [9.17, 15) is 23.2 Å². The van der Waals surface area contributed by atoms with Crippen molar-refractivity contribution in [3.8, 4) is 0 Å². The third kappa shape index (κ3) is 4.14. The number of halogens is 3. The van der Waals surface area contributed by atoms with Gasteiger partial charge in [-0.1, -0.05) is 23.7 Å². The molecule has 2 aliphatic heterocycles. The molecule has 156 valence electrons. The number of fused-ring (bicyclic) bond motifs is 1. The quantitative estimate of drug-likeness (QED) is 0.774. The van der Waals surface area contributed by atoms with Crippen molar-refractivity contribution < 1.29 is 23.2 Å². The van der Waals surface area contributed by atoms with E-state index >= 15 is 0 Å². The monoisotopic (exact) mass is 433 g/mol. The van der Waals surface area contributed by atoms with Gasteiger partial charge in [-0.3, -0.25) is 14.4 Å². The summed E-state index contributed by atoms with van der Waals surface area (Å²) < 4.78 is 26.7. The van der Waals surface area contributed by atoms with Crippen molar-refractivity contribution in [3.05, 3.63) is 70.2 Å². The molecule has 2 aromatic rings. The van der Waals surface area contributed by atoms with Crippen LogP contribution >= 0.6 is 11.6 Å². The third-order valence-corrected chi connectivity index (χ3v) is 5.57. The molecule has 0 unspecified atom stereocenters. The fourth-order valence-electron chi connectivity index (χ4n) is 3.91. The van der Waals surface area contributed by atoms with Crippen molar-refractivity contribution in [3.63, 3.8) is 0 Å². The summed E-state index contributed by atoms with van der Waals surface area (Å²) in [5, 5.41) is 5.98. The van der Waals surface area contributed by atoms with E-state index in [1.54, 1.807) is 24.3 Å². The van der Waals surface area contributed by atoms with Crippen LogP contribution in [0, 0.1) is 11.6 Å². The van der Waals surface area contributed by atoms with E-state index in [0.29, 0.717) is 17.5 Å². The van der Waals surface area contributed by atoms with Gasteiger partial charge in [0.25, 0.3) is 5.91 Å². The Hall–Kier alpha value is -3.00. The van der Waals surface area contributed by atoms with Gasteiger partial charge in [-0.05, 0) is 36.2 Å². The van der Waals surface area contributed by atoms with Crippen molar-refractivity contribution >= 4 is 29.3 Å². The molecule has 2 saturated heterocycles. The van der Waals surface area contributed by atoms with Crippen molar-refractivity contribution in [2.45, 2.75) is 31.0 Å². The maximum absolute atomic E-state index is 13.4. The van der Waals surface area contributed by atoms with Crippen LogP contribution in [-0.4, -0.2) is 47.3 Å². The molecule has 6 nitrogen and oxygen atoms in total. The highest BCUT2D eigenvalue weighted by atomic mass is 35.5. The van der Waals surface area contributed by atoms with Crippen molar-refractivity contribution in [1.29, 1.82) is 0 Å². The predicted octanol–water partition coefficient (Wildman–Crippen LogP) is 2.06. The van der Waals surface area contributed by atoms with Gasteiger partial charge < -0.3 is 15.5 Å². The standard InChI is InChI=1S/C21H18ClF2N3O3/c22-13-3-1-11(2-4-13)5-17-21(30)27-10-16(9-18(27)20(29)26-17)25-19(28)12-6-14(23)8-15(24)7-12/h1-4,6-8,16-18H,5,9-10H2,(H,25,28)(H,26,29)/t16-,17-,18-/m0/s1. The summed E-state index contributed by atoms with van der Waals surface area (Å²) in [7, 11) is 0. The minimum Gasteiger partial charge on any atom is -0.347 e. The van der Waals surface area contributed by atoms with Crippen LogP contribution in [0.15, 0.2) is 42.5 Å². The molecule has 0 aromatic heterocycles. The number of rotatable bonds is 4. The molecule has 2 aliphatic rings. The van der Waals surface area contributed by atoms with Gasteiger partial charge >= 0.3 is 0 Å². The van der Waals surface area contributed by atoms with Gasteiger partial charge in [0.1, 0.15) is 23.7 Å². The first-order valence-corrected chi connectivity index (χ1v) is 9.80. The fraction of sp³-hybridized carbons (Fsp3) is 0.286. The molecule has 3 atom stereocenters. The summed E-state index contributed by atoms with van der Waals surface area (Å²) in [6, 6.07) is 7.65. The topological polar surface area (TPSA) is 78.5 Å². The summed E-state index contributed by atoms with van der Waals surface area (Å²) in [6.45, 7) is 0.150. The van der Waals surface area contributed by atoms with E-state index in [1.165, 1.54) is 4.90 Å². The number of hydrogen-bond donors (Lipinski definition) is 2. The number of piperazine rings is 1. The van der Waals surface area contributed by atoms with Gasteiger partial charge in [-0.15, -0.1) is 0 Å². The maximum atomic E-state index is 13.4. The largest absolute Gasteiger partial charge is 0.347 e. The van der Waals surface area contributed by atoms with Gasteiger partial charge in [-0.25, -0.2) is 8.78 Å². The van der Waals surface area contributed by atoms with Crippen LogP contribution in [0.3, 0.4) is 0 Å². The van der Waals surface area contributed by atoms with Crippen LogP contribution in [-0.2, 0) is 16.0 Å². The lowest BCUT2D eigenvalue weighted by Crippen LogP contribution is -2.61. The highest BCUT2D eigenvalue weighted by Gasteiger charge is 2.46. The van der Waals surface area contributed by atoms with Crippen LogP contribution in [0.2, 0.25) is 5.02 Å². The molecule has 30 heavy (non-hydrogen) atoms. The van der Waals surface area contributed by atoms with Gasteiger partial charge in [0, 0.05) is 35.7 Å². The lowest BCUT2D eigenvalue weighted by molar-refractivity contribution is -0.147. The normalized spacial score (nSPS) is 23.2. The molecule has 2 heterocycles. The minimum absolute atomic E-state index is 0.150. The predicted molar refractivity (Wildman–Crippen MR) is 105 cm³/mol. The van der Waals surface area contributed by atoms with Gasteiger partial charge in [0.05, 0.1) is 0 Å². The molecule has 2 aromatic carbocycles. The van der Waals surface area contributed by atoms with E-state index in [1.807, 2.05) is 0 Å². The van der Waals surface area contributed by atoms with Crippen LogP contribution < -0.4 is 10.6 Å². The lowest BCUT2D eigenvalue weighted by atomic mass is 10.0. The fourth-order valence-corrected chi connectivity index (χ4v) is 4.04. The van der Waals surface area contributed by atoms with Gasteiger partial charge in [-0.2, -0.15) is 0 Å². The molecule has 2 fully saturated rings. The van der Waals surface area contributed by atoms with E-state index in [4.69, 9.17) is 11.6 Å². The smallest absolute Gasteiger partial charge is 0.251 e. The lowest BCUT2D eigenvalue weighted by Gasteiger charge is -2.34. The third-order valence-electron chi connectivity index (χ3n) is 5.31. The highest BCUT2D eigenvalue weighted by Crippen LogP contribution is 2.24. The number of benzene rings is 2. The number of carbonyl (C=O) groups is 3. The second-order valence-electron chi connectivity index (χ2n) is 7.46. The molecular formula is C21H18ClF2N3O3. The molecule has 0 saturated carbocycles. The maximum Gasteiger partial charge on any atom is 0.251 e. The molecular weight excluding hydrogens is 416 g/mol. The molecule has 3 amide bonds. The molecule has 2 N–H and O–H groups in total. The van der Waals surface area contributed by atoms with Crippen molar-refractivity contribution in [1.82, 2.24) is 15.5 Å². The first-order chi connectivity index (χ1) is 14.3. The van der Waals surface area contributed by atoms with Gasteiger partial charge in [0.2, 0.25) is 11.8 Å². The Balaban J connectivity index is 1.43. The SMILES string of the molecule is O=C(N[C@H]1C[C@H]2C(=O)N[C@@H](Cc3ccc(Cl)cc3)C(=O)N2C1)c1cc(F)cc(F)c1. The highest BCUT2D eigenvalue weighted by molar-refractivity contribution is 6.30. The molecule has 4 rings (SSSR count). The zero-order chi connectivity index (χ0) is 21.4. The zero-order valence-electron chi connectivity index (χ0n) is 15.7. The van der Waals surface area contributed by atoms with Crippen LogP contribution in [0.5, 0.6) is 0 Å². The van der Waals surface area contributed by atoms with Gasteiger partial charge in [0.15, 0.2) is 0 Å². The van der Waals surface area contributed by atoms with Crippen LogP contribution in [0.25, 0.3) is 0 Å². The second-order valence-corrected chi connectivity index (χ2v) is 7.90. The average Bonchev–Trinajstić information content (AvgIpc) is 3.11. The first-order valence-electron chi connectivity index (χ1n) is 9.42. The molecule has 0 spiro atoms. The zero-order valence-corrected chi connectivity index (χ0v) is 16.5. The Labute approximate surface area is 176 Å². The number of hydrogen-bond acceptors (Lipinski definition) is 3. The second kappa shape index (κ2) is 8.02. The molecule has 0 aliphatic carbocycles. The molecule has 0 bridgehead atoms. The summed E-state index contributed by atoms with van der Waals surface area (Å²) in [6.07, 6.45) is 0.555. The van der Waals surface area contributed by atoms with Crippen LogP contribution in [0.1, 0.15) is 22.3 Å². The Morgan fingerprint density at radius 3 is 2.47 bits per heavy atom. The Bertz CT molecular complexity index is 995.